The lowest BCUT2D eigenvalue weighted by Crippen LogP contribution is -2.30. The molecule has 1 amide bonds. The molecule has 0 aliphatic heterocycles. The molecule has 0 aliphatic rings. The summed E-state index contributed by atoms with van der Waals surface area (Å²) in [6.45, 7) is 2.41. The number of nitrogens with one attached hydrogen (secondary N) is 2. The normalized spacial score (nSPS) is 10.5. The molecule has 0 fully saturated rings. The average molecular weight is 306 g/mol. The number of nitrogens with zero attached hydrogens (tertiary/aromatic N) is 2. The molecule has 6 nitrogen and oxygen atoms in total. The second-order valence-corrected chi connectivity index (χ2v) is 4.94. The molecule has 0 unspecified atom stereocenters. The van der Waals surface area contributed by atoms with E-state index in [1.807, 2.05) is 6.07 Å². The number of halogens is 1. The average Bonchev–Trinajstić information content (AvgIpc) is 2.94. The van der Waals surface area contributed by atoms with Crippen molar-refractivity contribution in [2.45, 2.75) is 20.0 Å². The Morgan fingerprint density at radius 3 is 3.00 bits per heavy atom. The van der Waals surface area contributed by atoms with Gasteiger partial charge in [0, 0.05) is 19.3 Å². The molecule has 0 saturated carbocycles. The first-order chi connectivity index (χ1) is 10.6. The summed E-state index contributed by atoms with van der Waals surface area (Å²) in [5, 5.41) is 18.4. The van der Waals surface area contributed by atoms with E-state index in [2.05, 4.69) is 15.7 Å². The Kier molecular flexibility index (Phi) is 5.48. The van der Waals surface area contributed by atoms with Crippen LogP contribution in [-0.2, 0) is 17.9 Å². The first kappa shape index (κ1) is 16.0. The maximum absolute atomic E-state index is 13.4. The number of aryl methyl sites for hydroxylation is 1. The van der Waals surface area contributed by atoms with Crippen molar-refractivity contribution >= 4 is 11.6 Å². The van der Waals surface area contributed by atoms with Gasteiger partial charge in [0.05, 0.1) is 18.5 Å². The predicted molar refractivity (Wildman–Crippen MR) is 80.8 cm³/mol. The van der Waals surface area contributed by atoms with E-state index in [1.165, 1.54) is 10.7 Å². The second kappa shape index (κ2) is 7.56. The van der Waals surface area contributed by atoms with Gasteiger partial charge in [-0.05, 0) is 24.1 Å². The summed E-state index contributed by atoms with van der Waals surface area (Å²) in [6, 6.07) is 5.09. The van der Waals surface area contributed by atoms with Gasteiger partial charge in [0.2, 0.25) is 5.91 Å². The molecule has 118 valence electrons. The molecule has 1 aromatic carbocycles. The van der Waals surface area contributed by atoms with E-state index >= 15 is 0 Å². The number of carbonyl (C=O) groups excluding carboxylic acids is 1. The Morgan fingerprint density at radius 2 is 2.27 bits per heavy atom. The van der Waals surface area contributed by atoms with Gasteiger partial charge in [-0.15, -0.1) is 0 Å². The molecule has 1 heterocycles. The number of aliphatic hydroxyl groups excluding tert-OH is 1. The van der Waals surface area contributed by atoms with Crippen molar-refractivity contribution < 1.29 is 14.3 Å². The monoisotopic (exact) mass is 306 g/mol. The number of rotatable bonds is 7. The van der Waals surface area contributed by atoms with E-state index in [4.69, 9.17) is 5.11 Å². The molecule has 22 heavy (non-hydrogen) atoms. The molecule has 7 heteroatoms. The third-order valence-electron chi connectivity index (χ3n) is 3.11. The van der Waals surface area contributed by atoms with Crippen LogP contribution in [0.2, 0.25) is 0 Å². The number of aliphatic hydroxyl groups is 1. The highest BCUT2D eigenvalue weighted by molar-refractivity contribution is 5.75. The maximum Gasteiger partial charge on any atom is 0.241 e. The molecule has 0 saturated heterocycles. The van der Waals surface area contributed by atoms with Crippen molar-refractivity contribution in [1.29, 1.82) is 0 Å². The van der Waals surface area contributed by atoms with Crippen molar-refractivity contribution in [3.05, 3.63) is 47.5 Å². The van der Waals surface area contributed by atoms with Gasteiger partial charge in [0.1, 0.15) is 12.4 Å². The van der Waals surface area contributed by atoms with Crippen LogP contribution in [0.5, 0.6) is 0 Å². The van der Waals surface area contributed by atoms with Gasteiger partial charge in [-0.1, -0.05) is 12.1 Å². The molecule has 1 aromatic heterocycles. The third kappa shape index (κ3) is 4.56. The van der Waals surface area contributed by atoms with Crippen molar-refractivity contribution in [2.24, 2.45) is 0 Å². The second-order valence-electron chi connectivity index (χ2n) is 4.94. The number of carbonyl (C=O) groups is 1. The van der Waals surface area contributed by atoms with Gasteiger partial charge in [0.15, 0.2) is 0 Å². The zero-order valence-corrected chi connectivity index (χ0v) is 12.3. The minimum Gasteiger partial charge on any atom is -0.395 e. The van der Waals surface area contributed by atoms with E-state index < -0.39 is 0 Å². The van der Waals surface area contributed by atoms with Crippen molar-refractivity contribution in [3.63, 3.8) is 0 Å². The molecule has 2 aromatic rings. The molecular weight excluding hydrogens is 287 g/mol. The van der Waals surface area contributed by atoms with Gasteiger partial charge < -0.3 is 15.7 Å². The standard InChI is InChI=1S/C15H19FN4O2/c1-11-2-3-12(6-14(11)16)7-18-13-8-19-20(9-13)10-15(22)17-4-5-21/h2-3,6,8-9,18,21H,4-5,7,10H2,1H3,(H,17,22). The van der Waals surface area contributed by atoms with E-state index in [9.17, 15) is 9.18 Å². The molecule has 2 rings (SSSR count). The van der Waals surface area contributed by atoms with Crippen molar-refractivity contribution in [3.8, 4) is 0 Å². The fourth-order valence-corrected chi connectivity index (χ4v) is 1.89. The van der Waals surface area contributed by atoms with Gasteiger partial charge in [-0.3, -0.25) is 9.48 Å². The SMILES string of the molecule is Cc1ccc(CNc2cnn(CC(=O)NCCO)c2)cc1F. The van der Waals surface area contributed by atoms with Gasteiger partial charge >= 0.3 is 0 Å². The van der Waals surface area contributed by atoms with Gasteiger partial charge in [-0.2, -0.15) is 5.10 Å². The summed E-state index contributed by atoms with van der Waals surface area (Å²) in [6.07, 6.45) is 3.30. The Balaban J connectivity index is 1.86. The van der Waals surface area contributed by atoms with Crippen LogP contribution in [0.25, 0.3) is 0 Å². The lowest BCUT2D eigenvalue weighted by atomic mass is 10.1. The molecule has 3 N–H and O–H groups in total. The molecular formula is C15H19FN4O2. The minimum absolute atomic E-state index is 0.0842. The highest BCUT2D eigenvalue weighted by Gasteiger charge is 2.05. The van der Waals surface area contributed by atoms with E-state index in [0.29, 0.717) is 12.1 Å². The zero-order chi connectivity index (χ0) is 15.9. The largest absolute Gasteiger partial charge is 0.395 e. The summed E-state index contributed by atoms with van der Waals surface area (Å²) in [5.41, 5.74) is 2.19. The Hall–Kier alpha value is -2.41. The quantitative estimate of drug-likeness (QED) is 0.714. The minimum atomic E-state index is -0.226. The van der Waals surface area contributed by atoms with Crippen molar-refractivity contribution in [2.75, 3.05) is 18.5 Å². The Labute approximate surface area is 128 Å². The number of anilines is 1. The fourth-order valence-electron chi connectivity index (χ4n) is 1.89. The Morgan fingerprint density at radius 1 is 1.45 bits per heavy atom. The third-order valence-corrected chi connectivity index (χ3v) is 3.11. The summed E-state index contributed by atoms with van der Waals surface area (Å²) < 4.78 is 14.9. The molecule has 0 radical (unpaired) electrons. The van der Waals surface area contributed by atoms with Crippen LogP contribution < -0.4 is 10.6 Å². The summed E-state index contributed by atoms with van der Waals surface area (Å²) in [4.78, 5) is 11.5. The highest BCUT2D eigenvalue weighted by atomic mass is 19.1. The van der Waals surface area contributed by atoms with E-state index in [0.717, 1.165) is 11.3 Å². The van der Waals surface area contributed by atoms with Crippen LogP contribution >= 0.6 is 0 Å². The van der Waals surface area contributed by atoms with Crippen LogP contribution in [-0.4, -0.2) is 33.9 Å². The molecule has 0 bridgehead atoms. The molecule has 0 aliphatic carbocycles. The van der Waals surface area contributed by atoms with Crippen LogP contribution in [0, 0.1) is 12.7 Å². The van der Waals surface area contributed by atoms with E-state index in [1.54, 1.807) is 25.4 Å². The summed E-state index contributed by atoms with van der Waals surface area (Å²) in [5.74, 6) is -0.445. The predicted octanol–water partition coefficient (Wildman–Crippen LogP) is 1.05. The van der Waals surface area contributed by atoms with Crippen LogP contribution in [0.1, 0.15) is 11.1 Å². The van der Waals surface area contributed by atoms with Crippen LogP contribution in [0.4, 0.5) is 10.1 Å². The molecule has 0 atom stereocenters. The fraction of sp³-hybridized carbons (Fsp3) is 0.333. The number of hydrogen-bond donors (Lipinski definition) is 3. The first-order valence-corrected chi connectivity index (χ1v) is 6.97. The number of benzene rings is 1. The highest BCUT2D eigenvalue weighted by Crippen LogP contribution is 2.12. The Bertz CT molecular complexity index is 642. The topological polar surface area (TPSA) is 79.2 Å². The van der Waals surface area contributed by atoms with Gasteiger partial charge in [0.25, 0.3) is 0 Å². The van der Waals surface area contributed by atoms with Crippen LogP contribution in [0.3, 0.4) is 0 Å². The lowest BCUT2D eigenvalue weighted by molar-refractivity contribution is -0.122. The number of hydrogen-bond acceptors (Lipinski definition) is 4. The number of aromatic nitrogens is 2. The van der Waals surface area contributed by atoms with Crippen LogP contribution in [0.15, 0.2) is 30.6 Å². The summed E-state index contributed by atoms with van der Waals surface area (Å²) >= 11 is 0. The maximum atomic E-state index is 13.4. The van der Waals surface area contributed by atoms with E-state index in [-0.39, 0.29) is 31.4 Å². The zero-order valence-electron chi connectivity index (χ0n) is 12.3. The lowest BCUT2D eigenvalue weighted by Gasteiger charge is -2.05. The molecule has 0 spiro atoms. The van der Waals surface area contributed by atoms with Gasteiger partial charge in [-0.25, -0.2) is 4.39 Å². The number of amides is 1. The summed E-state index contributed by atoms with van der Waals surface area (Å²) in [7, 11) is 0. The first-order valence-electron chi connectivity index (χ1n) is 6.97. The smallest absolute Gasteiger partial charge is 0.241 e. The van der Waals surface area contributed by atoms with Crippen molar-refractivity contribution in [1.82, 2.24) is 15.1 Å².